The zero-order valence-corrected chi connectivity index (χ0v) is 9.92. The van der Waals surface area contributed by atoms with Gasteiger partial charge in [-0.1, -0.05) is 30.6 Å². The number of hydrogen-bond acceptors (Lipinski definition) is 5. The number of hydrogen-bond donors (Lipinski definition) is 2. The zero-order chi connectivity index (χ0) is 11.4. The minimum Gasteiger partial charge on any atom is -0.329 e. The predicted octanol–water partition coefficient (Wildman–Crippen LogP) is 1.39. The monoisotopic (exact) mass is 240 g/mol. The number of carbonyl (C=O) groups excluding carboxylic acids is 1. The van der Waals surface area contributed by atoms with E-state index in [9.17, 15) is 4.79 Å². The molecule has 5 nitrogen and oxygen atoms in total. The van der Waals surface area contributed by atoms with Gasteiger partial charge in [0.05, 0.1) is 5.41 Å². The lowest BCUT2D eigenvalue weighted by Gasteiger charge is -2.34. The van der Waals surface area contributed by atoms with Crippen LogP contribution >= 0.6 is 11.3 Å². The molecular weight excluding hydrogens is 224 g/mol. The van der Waals surface area contributed by atoms with Crippen LogP contribution in [0.25, 0.3) is 0 Å². The fraction of sp³-hybridized carbons (Fsp3) is 0.700. The first-order valence-electron chi connectivity index (χ1n) is 5.54. The molecule has 0 radical (unpaired) electrons. The van der Waals surface area contributed by atoms with Gasteiger partial charge in [-0.15, -0.1) is 10.2 Å². The van der Waals surface area contributed by atoms with Gasteiger partial charge in [-0.05, 0) is 12.8 Å². The molecule has 16 heavy (non-hydrogen) atoms. The van der Waals surface area contributed by atoms with Crippen molar-refractivity contribution in [3.05, 3.63) is 5.51 Å². The number of amides is 1. The van der Waals surface area contributed by atoms with Crippen LogP contribution in [0.4, 0.5) is 5.13 Å². The second-order valence-electron chi connectivity index (χ2n) is 4.24. The number of nitrogens with two attached hydrogens (primary N) is 1. The third-order valence-corrected chi connectivity index (χ3v) is 3.87. The fourth-order valence-electron chi connectivity index (χ4n) is 2.21. The Morgan fingerprint density at radius 1 is 1.50 bits per heavy atom. The van der Waals surface area contributed by atoms with E-state index in [1.54, 1.807) is 5.51 Å². The van der Waals surface area contributed by atoms with Gasteiger partial charge in [-0.2, -0.15) is 0 Å². The first-order valence-corrected chi connectivity index (χ1v) is 6.42. The Bertz CT molecular complexity index is 346. The molecule has 1 saturated carbocycles. The van der Waals surface area contributed by atoms with Crippen molar-refractivity contribution in [3.63, 3.8) is 0 Å². The van der Waals surface area contributed by atoms with Gasteiger partial charge in [0.1, 0.15) is 5.51 Å². The molecule has 1 aromatic heterocycles. The van der Waals surface area contributed by atoms with Crippen molar-refractivity contribution in [1.29, 1.82) is 0 Å². The van der Waals surface area contributed by atoms with Gasteiger partial charge in [0.15, 0.2) is 0 Å². The van der Waals surface area contributed by atoms with Gasteiger partial charge in [0, 0.05) is 6.54 Å². The van der Waals surface area contributed by atoms with Crippen LogP contribution in [-0.4, -0.2) is 22.6 Å². The standard InChI is InChI=1S/C10H16N4OS/c11-6-10(4-2-1-3-5-10)8(15)13-9-14-12-7-16-9/h7H,1-6,11H2,(H,13,14,15). The van der Waals surface area contributed by atoms with Gasteiger partial charge in [-0.3, -0.25) is 4.79 Å². The van der Waals surface area contributed by atoms with E-state index in [0.717, 1.165) is 25.7 Å². The number of nitrogens with one attached hydrogen (secondary N) is 1. The molecular formula is C10H16N4OS. The van der Waals surface area contributed by atoms with Crippen molar-refractivity contribution in [2.24, 2.45) is 11.1 Å². The molecule has 0 aliphatic heterocycles. The van der Waals surface area contributed by atoms with Crippen molar-refractivity contribution in [2.45, 2.75) is 32.1 Å². The Balaban J connectivity index is 2.06. The second kappa shape index (κ2) is 4.88. The van der Waals surface area contributed by atoms with Crippen LogP contribution in [-0.2, 0) is 4.79 Å². The molecule has 0 saturated heterocycles. The smallest absolute Gasteiger partial charge is 0.233 e. The SMILES string of the molecule is NCC1(C(=O)Nc2nncs2)CCCCC1. The molecule has 1 fully saturated rings. The van der Waals surface area contributed by atoms with Crippen LogP contribution < -0.4 is 11.1 Å². The number of aromatic nitrogens is 2. The first kappa shape index (κ1) is 11.5. The van der Waals surface area contributed by atoms with Crippen LogP contribution in [0.5, 0.6) is 0 Å². The lowest BCUT2D eigenvalue weighted by molar-refractivity contribution is -0.126. The second-order valence-corrected chi connectivity index (χ2v) is 5.08. The van der Waals surface area contributed by atoms with Crippen LogP contribution in [0, 0.1) is 5.41 Å². The highest BCUT2D eigenvalue weighted by molar-refractivity contribution is 7.13. The van der Waals surface area contributed by atoms with Crippen molar-refractivity contribution in [2.75, 3.05) is 11.9 Å². The lowest BCUT2D eigenvalue weighted by atomic mass is 9.73. The summed E-state index contributed by atoms with van der Waals surface area (Å²) in [6.45, 7) is 0.414. The normalized spacial score (nSPS) is 19.3. The number of carbonyl (C=O) groups is 1. The molecule has 0 spiro atoms. The van der Waals surface area contributed by atoms with Crippen molar-refractivity contribution < 1.29 is 4.79 Å². The maximum Gasteiger partial charge on any atom is 0.233 e. The molecule has 0 bridgehead atoms. The predicted molar refractivity (Wildman–Crippen MR) is 63.1 cm³/mol. The first-order chi connectivity index (χ1) is 7.77. The Morgan fingerprint density at radius 3 is 2.81 bits per heavy atom. The van der Waals surface area contributed by atoms with Gasteiger partial charge < -0.3 is 11.1 Å². The van der Waals surface area contributed by atoms with E-state index in [-0.39, 0.29) is 11.3 Å². The fourth-order valence-corrected chi connectivity index (χ4v) is 2.65. The molecule has 0 unspecified atom stereocenters. The summed E-state index contributed by atoms with van der Waals surface area (Å²) in [4.78, 5) is 12.2. The Hall–Kier alpha value is -1.01. The third-order valence-electron chi connectivity index (χ3n) is 3.26. The highest BCUT2D eigenvalue weighted by atomic mass is 32.1. The van der Waals surface area contributed by atoms with Crippen molar-refractivity contribution >= 4 is 22.4 Å². The van der Waals surface area contributed by atoms with Crippen LogP contribution in [0.2, 0.25) is 0 Å². The molecule has 6 heteroatoms. The lowest BCUT2D eigenvalue weighted by Crippen LogP contribution is -2.43. The topological polar surface area (TPSA) is 80.9 Å². The molecule has 88 valence electrons. The van der Waals surface area contributed by atoms with Gasteiger partial charge in [-0.25, -0.2) is 0 Å². The number of rotatable bonds is 3. The van der Waals surface area contributed by atoms with Gasteiger partial charge in [0.25, 0.3) is 0 Å². The summed E-state index contributed by atoms with van der Waals surface area (Å²) < 4.78 is 0. The molecule has 0 atom stereocenters. The van der Waals surface area contributed by atoms with Crippen molar-refractivity contribution in [3.8, 4) is 0 Å². The summed E-state index contributed by atoms with van der Waals surface area (Å²) in [5.41, 5.74) is 6.99. The van der Waals surface area contributed by atoms with Crippen molar-refractivity contribution in [1.82, 2.24) is 10.2 Å². The molecule has 3 N–H and O–H groups in total. The molecule has 2 rings (SSSR count). The van der Waals surface area contributed by atoms with Crippen LogP contribution in [0.15, 0.2) is 5.51 Å². The molecule has 0 aromatic carbocycles. The quantitative estimate of drug-likeness (QED) is 0.836. The van der Waals surface area contributed by atoms with Gasteiger partial charge >= 0.3 is 0 Å². The molecule has 1 amide bonds. The van der Waals surface area contributed by atoms with Crippen LogP contribution in [0.1, 0.15) is 32.1 Å². The summed E-state index contributed by atoms with van der Waals surface area (Å²) in [7, 11) is 0. The summed E-state index contributed by atoms with van der Waals surface area (Å²) in [5, 5.41) is 10.9. The van der Waals surface area contributed by atoms with E-state index in [1.807, 2.05) is 0 Å². The minimum absolute atomic E-state index is 0.00597. The average Bonchev–Trinajstić information content (AvgIpc) is 2.82. The molecule has 1 aromatic rings. The van der Waals surface area contributed by atoms with E-state index in [4.69, 9.17) is 5.73 Å². The maximum atomic E-state index is 12.2. The van der Waals surface area contributed by atoms with E-state index >= 15 is 0 Å². The maximum absolute atomic E-state index is 12.2. The minimum atomic E-state index is -0.385. The van der Waals surface area contributed by atoms with E-state index in [0.29, 0.717) is 11.7 Å². The third kappa shape index (κ3) is 2.22. The molecule has 1 aliphatic carbocycles. The number of nitrogens with zero attached hydrogens (tertiary/aromatic N) is 2. The summed E-state index contributed by atoms with van der Waals surface area (Å²) in [6, 6.07) is 0. The Labute approximate surface area is 98.4 Å². The average molecular weight is 240 g/mol. The Kier molecular flexibility index (Phi) is 3.50. The summed E-state index contributed by atoms with van der Waals surface area (Å²) in [6.07, 6.45) is 5.14. The summed E-state index contributed by atoms with van der Waals surface area (Å²) >= 11 is 1.33. The van der Waals surface area contributed by atoms with Gasteiger partial charge in [0.2, 0.25) is 11.0 Å². The Morgan fingerprint density at radius 2 is 2.25 bits per heavy atom. The summed E-state index contributed by atoms with van der Waals surface area (Å²) in [5.74, 6) is 0.00597. The van der Waals surface area contributed by atoms with E-state index < -0.39 is 0 Å². The van der Waals surface area contributed by atoms with E-state index in [1.165, 1.54) is 17.8 Å². The molecule has 1 heterocycles. The van der Waals surface area contributed by atoms with Crippen LogP contribution in [0.3, 0.4) is 0 Å². The zero-order valence-electron chi connectivity index (χ0n) is 9.11. The highest BCUT2D eigenvalue weighted by Gasteiger charge is 2.38. The highest BCUT2D eigenvalue weighted by Crippen LogP contribution is 2.36. The molecule has 1 aliphatic rings. The van der Waals surface area contributed by atoms with E-state index in [2.05, 4.69) is 15.5 Å². The largest absolute Gasteiger partial charge is 0.329 e. The number of anilines is 1.